The molecule has 0 aliphatic rings. The number of nitrogens with zero attached hydrogens (tertiary/aromatic N) is 4. The molecule has 7 nitrogen and oxygen atoms in total. The lowest BCUT2D eigenvalue weighted by Crippen LogP contribution is -2.03. The molecule has 0 amide bonds. The molecule has 0 atom stereocenters. The number of nitrogens with two attached hydrogens (primary N) is 1. The Morgan fingerprint density at radius 2 is 2.11 bits per heavy atom. The normalized spacial score (nSPS) is 10.6. The van der Waals surface area contributed by atoms with E-state index in [4.69, 9.17) is 5.73 Å². The van der Waals surface area contributed by atoms with Gasteiger partial charge in [-0.25, -0.2) is 9.97 Å². The van der Waals surface area contributed by atoms with Gasteiger partial charge in [-0.1, -0.05) is 0 Å². The standard InChI is InChI=1S/C9H9N5O2S2/c1-4-3-17-9(11-4)18-7-6(14(15)16)5(2)12-8(10)13-7/h3H,1-2H3,(H2,10,12,13). The molecule has 2 rings (SSSR count). The van der Waals surface area contributed by atoms with Crippen LogP contribution >= 0.6 is 23.1 Å². The number of nitrogen functional groups attached to an aromatic ring is 1. The fourth-order valence-corrected chi connectivity index (χ4v) is 3.21. The number of nitro groups is 1. The minimum atomic E-state index is -0.502. The number of hydrogen-bond donors (Lipinski definition) is 1. The average Bonchev–Trinajstić information content (AvgIpc) is 2.62. The van der Waals surface area contributed by atoms with E-state index in [2.05, 4.69) is 15.0 Å². The topological polar surface area (TPSA) is 108 Å². The summed E-state index contributed by atoms with van der Waals surface area (Å²) in [5.74, 6) is 0.0221. The van der Waals surface area contributed by atoms with E-state index >= 15 is 0 Å². The Bertz CT molecular complexity index is 613. The molecule has 18 heavy (non-hydrogen) atoms. The maximum Gasteiger partial charge on any atom is 0.322 e. The summed E-state index contributed by atoms with van der Waals surface area (Å²) in [6, 6.07) is 0. The number of aryl methyl sites for hydroxylation is 2. The van der Waals surface area contributed by atoms with E-state index in [1.807, 2.05) is 12.3 Å². The predicted molar refractivity (Wildman–Crippen MR) is 68.8 cm³/mol. The van der Waals surface area contributed by atoms with Gasteiger partial charge >= 0.3 is 5.69 Å². The van der Waals surface area contributed by atoms with Crippen molar-refractivity contribution >= 4 is 34.7 Å². The maximum atomic E-state index is 11.0. The van der Waals surface area contributed by atoms with Crippen molar-refractivity contribution in [2.45, 2.75) is 23.2 Å². The van der Waals surface area contributed by atoms with Gasteiger partial charge in [-0.3, -0.25) is 10.1 Å². The molecule has 94 valence electrons. The van der Waals surface area contributed by atoms with E-state index in [1.54, 1.807) is 0 Å². The molecular weight excluding hydrogens is 274 g/mol. The Kier molecular flexibility index (Phi) is 3.43. The minimum absolute atomic E-state index is 0.0221. The van der Waals surface area contributed by atoms with E-state index in [-0.39, 0.29) is 22.4 Å². The number of thiazole rings is 1. The smallest absolute Gasteiger partial charge is 0.322 e. The van der Waals surface area contributed by atoms with Crippen molar-refractivity contribution in [3.05, 3.63) is 26.9 Å². The Balaban J connectivity index is 2.45. The fraction of sp³-hybridized carbons (Fsp3) is 0.222. The van der Waals surface area contributed by atoms with Gasteiger partial charge in [0.1, 0.15) is 5.69 Å². The molecule has 2 heterocycles. The summed E-state index contributed by atoms with van der Waals surface area (Å²) < 4.78 is 0.688. The summed E-state index contributed by atoms with van der Waals surface area (Å²) in [4.78, 5) is 22.4. The van der Waals surface area contributed by atoms with Crippen molar-refractivity contribution in [1.82, 2.24) is 15.0 Å². The molecule has 0 spiro atoms. The van der Waals surface area contributed by atoms with Crippen molar-refractivity contribution in [1.29, 1.82) is 0 Å². The molecule has 2 aromatic rings. The van der Waals surface area contributed by atoms with Crippen molar-refractivity contribution in [2.24, 2.45) is 0 Å². The highest BCUT2D eigenvalue weighted by Gasteiger charge is 2.23. The van der Waals surface area contributed by atoms with Gasteiger partial charge in [-0.2, -0.15) is 4.98 Å². The zero-order valence-electron chi connectivity index (χ0n) is 9.58. The van der Waals surface area contributed by atoms with Crippen LogP contribution in [-0.4, -0.2) is 19.9 Å². The Labute approximate surface area is 111 Å². The Morgan fingerprint density at radius 3 is 2.67 bits per heavy atom. The molecule has 0 aromatic carbocycles. The maximum absolute atomic E-state index is 11.0. The van der Waals surface area contributed by atoms with Gasteiger partial charge in [0.15, 0.2) is 9.37 Å². The first kappa shape index (κ1) is 12.7. The van der Waals surface area contributed by atoms with Crippen LogP contribution in [0.2, 0.25) is 0 Å². The third kappa shape index (κ3) is 2.57. The van der Waals surface area contributed by atoms with Crippen molar-refractivity contribution < 1.29 is 4.92 Å². The van der Waals surface area contributed by atoms with E-state index in [9.17, 15) is 10.1 Å². The molecule has 2 N–H and O–H groups in total. The summed E-state index contributed by atoms with van der Waals surface area (Å²) in [7, 11) is 0. The van der Waals surface area contributed by atoms with Crippen LogP contribution in [0.3, 0.4) is 0 Å². The highest BCUT2D eigenvalue weighted by molar-refractivity contribution is 8.01. The molecule has 0 aliphatic heterocycles. The molecule has 0 unspecified atom stereocenters. The first-order chi connectivity index (χ1) is 8.47. The summed E-state index contributed by atoms with van der Waals surface area (Å²) in [5, 5.41) is 13.1. The van der Waals surface area contributed by atoms with Gasteiger partial charge in [-0.05, 0) is 25.6 Å². The fourth-order valence-electron chi connectivity index (χ4n) is 1.30. The second-order valence-corrected chi connectivity index (χ2v) is 5.53. The van der Waals surface area contributed by atoms with E-state index in [0.29, 0.717) is 4.34 Å². The lowest BCUT2D eigenvalue weighted by molar-refractivity contribution is -0.389. The molecular formula is C9H9N5O2S2. The molecule has 2 aromatic heterocycles. The molecule has 9 heteroatoms. The van der Waals surface area contributed by atoms with Crippen LogP contribution < -0.4 is 5.73 Å². The number of hydrogen-bond acceptors (Lipinski definition) is 8. The largest absolute Gasteiger partial charge is 0.368 e. The lowest BCUT2D eigenvalue weighted by atomic mass is 10.4. The van der Waals surface area contributed by atoms with Gasteiger partial charge in [0.05, 0.1) is 4.92 Å². The third-order valence-electron chi connectivity index (χ3n) is 2.01. The second-order valence-electron chi connectivity index (χ2n) is 3.43. The highest BCUT2D eigenvalue weighted by Crippen LogP contribution is 2.36. The van der Waals surface area contributed by atoms with Crippen LogP contribution in [0.5, 0.6) is 0 Å². The van der Waals surface area contributed by atoms with Crippen LogP contribution in [0.4, 0.5) is 11.6 Å². The SMILES string of the molecule is Cc1csc(Sc2nc(N)nc(C)c2[N+](=O)[O-])n1. The van der Waals surface area contributed by atoms with Gasteiger partial charge in [0, 0.05) is 11.1 Å². The molecule has 0 aliphatic carbocycles. The van der Waals surface area contributed by atoms with Crippen molar-refractivity contribution in [2.75, 3.05) is 5.73 Å². The van der Waals surface area contributed by atoms with Crippen LogP contribution in [0.1, 0.15) is 11.4 Å². The van der Waals surface area contributed by atoms with Gasteiger partial charge in [0.2, 0.25) is 5.95 Å². The van der Waals surface area contributed by atoms with Crippen LogP contribution in [0.15, 0.2) is 14.7 Å². The lowest BCUT2D eigenvalue weighted by Gasteiger charge is -2.03. The number of rotatable bonds is 3. The second kappa shape index (κ2) is 4.86. The molecule has 0 radical (unpaired) electrons. The summed E-state index contributed by atoms with van der Waals surface area (Å²) >= 11 is 2.53. The number of aromatic nitrogens is 3. The molecule has 0 saturated carbocycles. The van der Waals surface area contributed by atoms with E-state index < -0.39 is 4.92 Å². The predicted octanol–water partition coefficient (Wildman–Crippen LogP) is 2.19. The Morgan fingerprint density at radius 1 is 1.39 bits per heavy atom. The van der Waals surface area contributed by atoms with Crippen molar-refractivity contribution in [3.8, 4) is 0 Å². The minimum Gasteiger partial charge on any atom is -0.368 e. The van der Waals surface area contributed by atoms with Crippen LogP contribution in [0, 0.1) is 24.0 Å². The van der Waals surface area contributed by atoms with Gasteiger partial charge < -0.3 is 5.73 Å². The van der Waals surface area contributed by atoms with E-state index in [0.717, 1.165) is 17.5 Å². The first-order valence-corrected chi connectivity index (χ1v) is 6.55. The quantitative estimate of drug-likeness (QED) is 0.522. The highest BCUT2D eigenvalue weighted by atomic mass is 32.2. The van der Waals surface area contributed by atoms with Gasteiger partial charge in [0.25, 0.3) is 0 Å². The monoisotopic (exact) mass is 283 g/mol. The molecule has 0 fully saturated rings. The van der Waals surface area contributed by atoms with Crippen LogP contribution in [-0.2, 0) is 0 Å². The molecule has 0 bridgehead atoms. The zero-order chi connectivity index (χ0) is 13.3. The average molecular weight is 283 g/mol. The summed E-state index contributed by atoms with van der Waals surface area (Å²) in [6.07, 6.45) is 0. The number of anilines is 1. The molecule has 0 saturated heterocycles. The van der Waals surface area contributed by atoms with E-state index in [1.165, 1.54) is 18.3 Å². The van der Waals surface area contributed by atoms with Crippen LogP contribution in [0.25, 0.3) is 0 Å². The zero-order valence-corrected chi connectivity index (χ0v) is 11.2. The Hall–Kier alpha value is -1.74. The summed E-state index contributed by atoms with van der Waals surface area (Å²) in [5.41, 5.74) is 6.51. The summed E-state index contributed by atoms with van der Waals surface area (Å²) in [6.45, 7) is 3.39. The first-order valence-electron chi connectivity index (χ1n) is 4.86. The van der Waals surface area contributed by atoms with Gasteiger partial charge in [-0.15, -0.1) is 11.3 Å². The third-order valence-corrected chi connectivity index (χ3v) is 4.04. The van der Waals surface area contributed by atoms with Crippen molar-refractivity contribution in [3.63, 3.8) is 0 Å².